The van der Waals surface area contributed by atoms with Crippen molar-refractivity contribution in [3.05, 3.63) is 44.9 Å². The van der Waals surface area contributed by atoms with Crippen LogP contribution in [0, 0.1) is 6.92 Å². The summed E-state index contributed by atoms with van der Waals surface area (Å²) in [6.07, 6.45) is 0. The van der Waals surface area contributed by atoms with Crippen molar-refractivity contribution in [1.29, 1.82) is 0 Å². The summed E-state index contributed by atoms with van der Waals surface area (Å²) in [5.74, 6) is 0. The average molecular weight is 398 g/mol. The number of benzene rings is 1. The number of aromatic nitrogens is 2. The van der Waals surface area contributed by atoms with E-state index in [4.69, 9.17) is 28.9 Å². The van der Waals surface area contributed by atoms with Gasteiger partial charge in [0, 0.05) is 5.38 Å². The first kappa shape index (κ1) is 17.3. The van der Waals surface area contributed by atoms with Crippen molar-refractivity contribution in [3.8, 4) is 10.6 Å². The van der Waals surface area contributed by atoms with Gasteiger partial charge < -0.3 is 5.73 Å². The maximum atomic E-state index is 6.03. The van der Waals surface area contributed by atoms with Gasteiger partial charge in [0.05, 0.1) is 32.4 Å². The van der Waals surface area contributed by atoms with Crippen molar-refractivity contribution in [1.82, 2.24) is 9.97 Å². The number of thiazole rings is 2. The lowest BCUT2D eigenvalue weighted by molar-refractivity contribution is 0.763. The molecule has 0 bridgehead atoms. The fraction of sp³-hybridized carbons (Fsp3) is 0.200. The predicted octanol–water partition coefficient (Wildman–Crippen LogP) is 6.31. The van der Waals surface area contributed by atoms with Crippen LogP contribution in [0.2, 0.25) is 10.0 Å². The summed E-state index contributed by atoms with van der Waals surface area (Å²) in [6, 6.07) is 5.29. The van der Waals surface area contributed by atoms with E-state index in [2.05, 4.69) is 20.2 Å². The first-order valence-electron chi connectivity index (χ1n) is 6.98. The minimum absolute atomic E-state index is 0.145. The molecule has 0 saturated carbocycles. The Labute approximate surface area is 157 Å². The Bertz CT molecular complexity index is 903. The molecule has 9 heteroatoms. The number of anilines is 1. The highest BCUT2D eigenvalue weighted by Gasteiger charge is 2.12. The molecule has 1 aromatic carbocycles. The molecule has 5 nitrogen and oxygen atoms in total. The molecule has 3 rings (SSSR count). The fourth-order valence-corrected chi connectivity index (χ4v) is 3.85. The highest BCUT2D eigenvalue weighted by atomic mass is 35.5. The van der Waals surface area contributed by atoms with E-state index in [0.717, 1.165) is 21.8 Å². The molecule has 124 valence electrons. The van der Waals surface area contributed by atoms with Gasteiger partial charge >= 0.3 is 0 Å². The lowest BCUT2D eigenvalue weighted by Gasteiger charge is -2.06. The summed E-state index contributed by atoms with van der Waals surface area (Å²) in [5.41, 5.74) is 8.36. The molecule has 2 N–H and O–H groups in total. The smallest absolute Gasteiger partial charge is 0.230 e. The molecular weight excluding hydrogens is 385 g/mol. The van der Waals surface area contributed by atoms with Gasteiger partial charge in [-0.15, -0.1) is 16.5 Å². The molecular formula is C15H13Cl2N5S2. The van der Waals surface area contributed by atoms with Crippen LogP contribution in [0.4, 0.5) is 10.3 Å². The van der Waals surface area contributed by atoms with Crippen LogP contribution in [0.25, 0.3) is 10.6 Å². The maximum Gasteiger partial charge on any atom is 0.230 e. The van der Waals surface area contributed by atoms with Gasteiger partial charge in [-0.25, -0.2) is 9.97 Å². The van der Waals surface area contributed by atoms with Gasteiger partial charge in [0.2, 0.25) is 5.13 Å². The number of nitrogen functional groups attached to an aromatic ring is 1. The molecule has 0 aliphatic rings. The topological polar surface area (TPSA) is 76.5 Å². The molecule has 1 atom stereocenters. The molecule has 2 heterocycles. The van der Waals surface area contributed by atoms with E-state index in [0.29, 0.717) is 20.3 Å². The molecule has 0 aliphatic carbocycles. The van der Waals surface area contributed by atoms with E-state index in [-0.39, 0.29) is 6.04 Å². The predicted molar refractivity (Wildman–Crippen MR) is 102 cm³/mol. The van der Waals surface area contributed by atoms with Crippen LogP contribution in [0.5, 0.6) is 0 Å². The Kier molecular flexibility index (Phi) is 5.15. The molecule has 0 amide bonds. The lowest BCUT2D eigenvalue weighted by Crippen LogP contribution is -1.88. The molecule has 1 unspecified atom stereocenters. The number of aryl methyl sites for hydroxylation is 1. The second-order valence-corrected chi connectivity index (χ2v) is 7.73. The summed E-state index contributed by atoms with van der Waals surface area (Å²) < 4.78 is 0. The second-order valence-electron chi connectivity index (χ2n) is 5.05. The van der Waals surface area contributed by atoms with E-state index < -0.39 is 0 Å². The van der Waals surface area contributed by atoms with Crippen LogP contribution in [-0.2, 0) is 0 Å². The minimum Gasteiger partial charge on any atom is -0.375 e. The van der Waals surface area contributed by atoms with Gasteiger partial charge in [0.15, 0.2) is 5.13 Å². The van der Waals surface area contributed by atoms with Crippen LogP contribution in [-0.4, -0.2) is 9.97 Å². The quantitative estimate of drug-likeness (QED) is 0.523. The molecule has 0 saturated heterocycles. The number of hydrogen-bond donors (Lipinski definition) is 1. The summed E-state index contributed by atoms with van der Waals surface area (Å²) in [6.45, 7) is 3.85. The molecule has 0 spiro atoms. The van der Waals surface area contributed by atoms with Crippen LogP contribution in [0.15, 0.2) is 33.8 Å². The van der Waals surface area contributed by atoms with Crippen LogP contribution in [0.3, 0.4) is 0 Å². The number of halogens is 2. The molecule has 3 aromatic rings. The zero-order chi connectivity index (χ0) is 17.3. The van der Waals surface area contributed by atoms with Crippen molar-refractivity contribution in [3.63, 3.8) is 0 Å². The normalized spacial score (nSPS) is 12.8. The summed E-state index contributed by atoms with van der Waals surface area (Å²) in [5, 5.41) is 12.6. The average Bonchev–Trinajstić information content (AvgIpc) is 3.13. The number of azo groups is 1. The second kappa shape index (κ2) is 7.14. The van der Waals surface area contributed by atoms with E-state index >= 15 is 0 Å². The van der Waals surface area contributed by atoms with Crippen LogP contribution >= 0.6 is 45.9 Å². The largest absolute Gasteiger partial charge is 0.375 e. The summed E-state index contributed by atoms with van der Waals surface area (Å²) >= 11 is 14.8. The third-order valence-electron chi connectivity index (χ3n) is 3.28. The number of nitrogens with zero attached hydrogens (tertiary/aromatic N) is 4. The van der Waals surface area contributed by atoms with Gasteiger partial charge in [-0.1, -0.05) is 40.6 Å². The van der Waals surface area contributed by atoms with Crippen molar-refractivity contribution >= 4 is 56.1 Å². The van der Waals surface area contributed by atoms with Gasteiger partial charge in [-0.3, -0.25) is 0 Å². The van der Waals surface area contributed by atoms with Crippen molar-refractivity contribution in [2.75, 3.05) is 5.73 Å². The number of hydrogen-bond acceptors (Lipinski definition) is 7. The summed E-state index contributed by atoms with van der Waals surface area (Å²) in [7, 11) is 0. The first-order valence-corrected chi connectivity index (χ1v) is 9.44. The molecule has 0 aliphatic heterocycles. The van der Waals surface area contributed by atoms with Crippen molar-refractivity contribution in [2.45, 2.75) is 19.9 Å². The SMILES string of the molecule is Cc1nc(N)sc1-c1csc(N=NC(C)c2ccc(Cl)c(Cl)c2)n1. The molecule has 0 radical (unpaired) electrons. The molecule has 2 aromatic heterocycles. The Balaban J connectivity index is 1.77. The number of nitrogens with two attached hydrogens (primary N) is 1. The van der Waals surface area contributed by atoms with Gasteiger partial charge in [0.1, 0.15) is 0 Å². The van der Waals surface area contributed by atoms with Gasteiger partial charge in [-0.2, -0.15) is 5.11 Å². The van der Waals surface area contributed by atoms with Gasteiger partial charge in [0.25, 0.3) is 0 Å². The molecule has 24 heavy (non-hydrogen) atoms. The third-order valence-corrected chi connectivity index (χ3v) is 5.75. The highest BCUT2D eigenvalue weighted by Crippen LogP contribution is 2.34. The molecule has 0 fully saturated rings. The Morgan fingerprint density at radius 3 is 2.67 bits per heavy atom. The van der Waals surface area contributed by atoms with Crippen molar-refractivity contribution < 1.29 is 0 Å². The lowest BCUT2D eigenvalue weighted by atomic mass is 10.1. The van der Waals surface area contributed by atoms with Crippen LogP contribution < -0.4 is 5.73 Å². The van der Waals surface area contributed by atoms with Gasteiger partial charge in [-0.05, 0) is 31.5 Å². The standard InChI is InChI=1S/C15H13Cl2N5S2/c1-7(9-3-4-10(16)11(17)5-9)21-22-15-20-12(6-23-15)13-8(2)19-14(18)24-13/h3-7H,1-2H3,(H2,18,19). The van der Waals surface area contributed by atoms with E-state index in [9.17, 15) is 0 Å². The number of rotatable bonds is 4. The zero-order valence-electron chi connectivity index (χ0n) is 12.8. The first-order chi connectivity index (χ1) is 11.4. The zero-order valence-corrected chi connectivity index (χ0v) is 16.0. The monoisotopic (exact) mass is 397 g/mol. The minimum atomic E-state index is -0.145. The van der Waals surface area contributed by atoms with E-state index in [1.54, 1.807) is 12.1 Å². The third kappa shape index (κ3) is 3.75. The van der Waals surface area contributed by atoms with E-state index in [1.165, 1.54) is 22.7 Å². The highest BCUT2D eigenvalue weighted by molar-refractivity contribution is 7.19. The Morgan fingerprint density at radius 2 is 2.00 bits per heavy atom. The van der Waals surface area contributed by atoms with E-state index in [1.807, 2.05) is 25.3 Å². The fourth-order valence-electron chi connectivity index (χ4n) is 2.04. The van der Waals surface area contributed by atoms with Crippen LogP contribution in [0.1, 0.15) is 24.2 Å². The summed E-state index contributed by atoms with van der Waals surface area (Å²) in [4.78, 5) is 9.65. The Hall–Kier alpha value is -1.54. The maximum absolute atomic E-state index is 6.03. The Morgan fingerprint density at radius 1 is 1.21 bits per heavy atom. The van der Waals surface area contributed by atoms with Crippen molar-refractivity contribution in [2.24, 2.45) is 10.2 Å².